The van der Waals surface area contributed by atoms with Gasteiger partial charge in [-0.05, 0) is 54.8 Å². The van der Waals surface area contributed by atoms with Gasteiger partial charge in [0.1, 0.15) is 11.8 Å². The van der Waals surface area contributed by atoms with Crippen molar-refractivity contribution >= 4 is 5.97 Å². The minimum atomic E-state index is -1.02. The summed E-state index contributed by atoms with van der Waals surface area (Å²) >= 11 is 0. The molecule has 8 N–H and O–H groups in total. The Morgan fingerprint density at radius 2 is 1.54 bits per heavy atom. The van der Waals surface area contributed by atoms with E-state index in [1.807, 2.05) is 0 Å². The predicted octanol–water partition coefficient (Wildman–Crippen LogP) is 0.946. The average molecular weight is 334 g/mol. The first-order valence-electron chi connectivity index (χ1n) is 7.30. The zero-order chi connectivity index (χ0) is 18.1. The highest BCUT2D eigenvalue weighted by Gasteiger charge is 2.11. The van der Waals surface area contributed by atoms with Gasteiger partial charge in [0.2, 0.25) is 0 Å². The number of aromatic hydroxyl groups is 3. The van der Waals surface area contributed by atoms with E-state index in [-0.39, 0.29) is 23.7 Å². The van der Waals surface area contributed by atoms with Crippen molar-refractivity contribution in [3.05, 3.63) is 53.6 Å². The van der Waals surface area contributed by atoms with Crippen molar-refractivity contribution in [3.8, 4) is 17.2 Å². The fraction of sp³-hybridized carbons (Fsp3) is 0.235. The summed E-state index contributed by atoms with van der Waals surface area (Å²) in [6.45, 7) is 0.546. The molecule has 0 heterocycles. The van der Waals surface area contributed by atoms with E-state index < -0.39 is 12.0 Å². The standard InChI is InChI=1S/C9H11NO3.C8H11NO2/c10-8(9(12)13)5-6-1-3-7(11)4-2-6;9-4-3-6-1-2-7(10)8(11)5-6/h1-4,8,11H,5,10H2,(H,12,13);1-2,5,10-11H,3-4,9H2/t8-;/m0./s1. The van der Waals surface area contributed by atoms with Crippen molar-refractivity contribution in [1.82, 2.24) is 0 Å². The third kappa shape index (κ3) is 6.55. The average Bonchev–Trinajstić information content (AvgIpc) is 2.54. The molecule has 0 aromatic heterocycles. The van der Waals surface area contributed by atoms with Crippen LogP contribution in [-0.4, -0.2) is 39.0 Å². The topological polar surface area (TPSA) is 150 Å². The summed E-state index contributed by atoms with van der Waals surface area (Å²) < 4.78 is 0. The molecule has 1 atom stereocenters. The van der Waals surface area contributed by atoms with Crippen LogP contribution in [0.3, 0.4) is 0 Å². The number of carbonyl (C=O) groups is 1. The number of hydrogen-bond donors (Lipinski definition) is 6. The maximum atomic E-state index is 10.4. The lowest BCUT2D eigenvalue weighted by molar-refractivity contribution is -0.138. The SMILES string of the molecule is NCCc1ccc(O)c(O)c1.N[C@@H](Cc1ccc(O)cc1)C(=O)O. The van der Waals surface area contributed by atoms with Crippen LogP contribution in [0.4, 0.5) is 0 Å². The van der Waals surface area contributed by atoms with Crippen LogP contribution in [0.1, 0.15) is 11.1 Å². The van der Waals surface area contributed by atoms with E-state index in [0.29, 0.717) is 13.0 Å². The maximum absolute atomic E-state index is 10.4. The second-order valence-corrected chi connectivity index (χ2v) is 5.18. The third-order valence-electron chi connectivity index (χ3n) is 3.18. The van der Waals surface area contributed by atoms with Gasteiger partial charge in [0.25, 0.3) is 0 Å². The Balaban J connectivity index is 0.000000243. The minimum Gasteiger partial charge on any atom is -0.508 e. The minimum absolute atomic E-state index is 0.0871. The molecule has 0 aliphatic heterocycles. The monoisotopic (exact) mass is 334 g/mol. The molecule has 2 aromatic carbocycles. The number of nitrogens with two attached hydrogens (primary N) is 2. The number of aliphatic carboxylic acids is 1. The Kier molecular flexibility index (Phi) is 7.54. The molecular formula is C17H22N2O5. The maximum Gasteiger partial charge on any atom is 0.320 e. The number of hydrogen-bond acceptors (Lipinski definition) is 6. The van der Waals surface area contributed by atoms with Crippen LogP contribution in [0, 0.1) is 0 Å². The molecule has 2 rings (SSSR count). The van der Waals surface area contributed by atoms with Crippen molar-refractivity contribution < 1.29 is 25.2 Å². The van der Waals surface area contributed by atoms with Gasteiger partial charge in [0, 0.05) is 0 Å². The van der Waals surface area contributed by atoms with E-state index in [0.717, 1.165) is 11.1 Å². The number of benzene rings is 2. The summed E-state index contributed by atoms with van der Waals surface area (Å²) in [4.78, 5) is 10.4. The number of phenolic OH excluding ortho intramolecular Hbond substituents is 3. The molecule has 0 fully saturated rings. The fourth-order valence-corrected chi connectivity index (χ4v) is 1.86. The van der Waals surface area contributed by atoms with Crippen LogP contribution in [-0.2, 0) is 17.6 Å². The predicted molar refractivity (Wildman–Crippen MR) is 90.0 cm³/mol. The van der Waals surface area contributed by atoms with Gasteiger partial charge in [-0.2, -0.15) is 0 Å². The molecule has 0 saturated heterocycles. The van der Waals surface area contributed by atoms with Crippen LogP contribution in [0.15, 0.2) is 42.5 Å². The molecule has 0 amide bonds. The van der Waals surface area contributed by atoms with Gasteiger partial charge in [-0.25, -0.2) is 0 Å². The lowest BCUT2D eigenvalue weighted by Gasteiger charge is -2.05. The van der Waals surface area contributed by atoms with Gasteiger partial charge in [-0.3, -0.25) is 4.79 Å². The first-order valence-corrected chi connectivity index (χ1v) is 7.30. The molecular weight excluding hydrogens is 312 g/mol. The molecule has 24 heavy (non-hydrogen) atoms. The normalized spacial score (nSPS) is 11.2. The lowest BCUT2D eigenvalue weighted by atomic mass is 10.1. The zero-order valence-electron chi connectivity index (χ0n) is 13.1. The van der Waals surface area contributed by atoms with E-state index in [1.165, 1.54) is 24.3 Å². The van der Waals surface area contributed by atoms with Crippen molar-refractivity contribution in [3.63, 3.8) is 0 Å². The smallest absolute Gasteiger partial charge is 0.320 e. The van der Waals surface area contributed by atoms with E-state index in [1.54, 1.807) is 18.2 Å². The summed E-state index contributed by atoms with van der Waals surface area (Å²) in [6, 6.07) is 10.1. The molecule has 7 heteroatoms. The van der Waals surface area contributed by atoms with Gasteiger partial charge in [-0.15, -0.1) is 0 Å². The summed E-state index contributed by atoms with van der Waals surface area (Å²) in [6.07, 6.45) is 0.990. The Morgan fingerprint density at radius 3 is 2.04 bits per heavy atom. The second kappa shape index (κ2) is 9.39. The van der Waals surface area contributed by atoms with Crippen LogP contribution in [0.2, 0.25) is 0 Å². The summed E-state index contributed by atoms with van der Waals surface area (Å²) in [5.74, 6) is -1.04. The summed E-state index contributed by atoms with van der Waals surface area (Å²) in [5.41, 5.74) is 12.4. The van der Waals surface area contributed by atoms with E-state index in [9.17, 15) is 4.79 Å². The second-order valence-electron chi connectivity index (χ2n) is 5.18. The Labute approximate surface area is 139 Å². The number of carboxylic acids is 1. The molecule has 2 aromatic rings. The van der Waals surface area contributed by atoms with Crippen molar-refractivity contribution in [1.29, 1.82) is 0 Å². The Hall–Kier alpha value is -2.77. The quantitative estimate of drug-likeness (QED) is 0.445. The van der Waals surface area contributed by atoms with E-state index in [2.05, 4.69) is 0 Å². The molecule has 0 aliphatic carbocycles. The highest BCUT2D eigenvalue weighted by atomic mass is 16.4. The summed E-state index contributed by atoms with van der Waals surface area (Å²) in [5, 5.41) is 35.4. The fourth-order valence-electron chi connectivity index (χ4n) is 1.86. The number of carboxylic acid groups (broad SMARTS) is 1. The van der Waals surface area contributed by atoms with Gasteiger partial charge in [0.05, 0.1) is 0 Å². The molecule has 0 aliphatic rings. The Bertz CT molecular complexity index is 659. The van der Waals surface area contributed by atoms with Crippen LogP contribution in [0.25, 0.3) is 0 Å². The molecule has 0 unspecified atom stereocenters. The molecule has 0 radical (unpaired) electrons. The van der Waals surface area contributed by atoms with Gasteiger partial charge in [-0.1, -0.05) is 18.2 Å². The zero-order valence-corrected chi connectivity index (χ0v) is 13.1. The third-order valence-corrected chi connectivity index (χ3v) is 3.18. The largest absolute Gasteiger partial charge is 0.508 e. The van der Waals surface area contributed by atoms with Crippen molar-refractivity contribution in [2.24, 2.45) is 11.5 Å². The first-order chi connectivity index (χ1) is 11.3. The van der Waals surface area contributed by atoms with Crippen LogP contribution >= 0.6 is 0 Å². The van der Waals surface area contributed by atoms with Gasteiger partial charge < -0.3 is 31.9 Å². The molecule has 0 bridgehead atoms. The Morgan fingerprint density at radius 1 is 0.958 bits per heavy atom. The van der Waals surface area contributed by atoms with Gasteiger partial charge >= 0.3 is 5.97 Å². The number of phenols is 3. The van der Waals surface area contributed by atoms with E-state index >= 15 is 0 Å². The van der Waals surface area contributed by atoms with E-state index in [4.69, 9.17) is 31.9 Å². The summed E-state index contributed by atoms with van der Waals surface area (Å²) in [7, 11) is 0. The first kappa shape index (κ1) is 19.3. The molecule has 0 spiro atoms. The molecule has 0 saturated carbocycles. The highest BCUT2D eigenvalue weighted by Crippen LogP contribution is 2.24. The van der Waals surface area contributed by atoms with Crippen LogP contribution < -0.4 is 11.5 Å². The highest BCUT2D eigenvalue weighted by molar-refractivity contribution is 5.73. The van der Waals surface area contributed by atoms with Gasteiger partial charge in [0.15, 0.2) is 11.5 Å². The lowest BCUT2D eigenvalue weighted by Crippen LogP contribution is -2.32. The van der Waals surface area contributed by atoms with Crippen LogP contribution in [0.5, 0.6) is 17.2 Å². The molecule has 7 nitrogen and oxygen atoms in total. The van der Waals surface area contributed by atoms with Crippen molar-refractivity contribution in [2.75, 3.05) is 6.54 Å². The number of rotatable bonds is 5. The molecule has 130 valence electrons. The van der Waals surface area contributed by atoms with Crippen molar-refractivity contribution in [2.45, 2.75) is 18.9 Å².